The van der Waals surface area contributed by atoms with Crippen molar-refractivity contribution in [3.05, 3.63) is 23.3 Å². The van der Waals surface area contributed by atoms with Gasteiger partial charge in [0.15, 0.2) is 6.10 Å². The number of benzene rings is 1. The van der Waals surface area contributed by atoms with E-state index in [4.69, 9.17) is 14.6 Å². The number of aliphatic hydroxyl groups is 1. The monoisotopic (exact) mass is 240 g/mol. The second kappa shape index (κ2) is 5.54. The van der Waals surface area contributed by atoms with Crippen LogP contribution in [0.2, 0.25) is 0 Å². The van der Waals surface area contributed by atoms with E-state index in [9.17, 15) is 9.90 Å². The number of ether oxygens (including phenoxy) is 2. The summed E-state index contributed by atoms with van der Waals surface area (Å²) in [5.74, 6) is -0.434. The fraction of sp³-hybridized carbons (Fsp3) is 0.417. The van der Waals surface area contributed by atoms with Gasteiger partial charge in [-0.1, -0.05) is 6.92 Å². The van der Waals surface area contributed by atoms with E-state index in [1.807, 2.05) is 6.92 Å². The first kappa shape index (κ1) is 13.3. The van der Waals surface area contributed by atoms with E-state index in [-0.39, 0.29) is 5.56 Å². The summed E-state index contributed by atoms with van der Waals surface area (Å²) in [7, 11) is 2.93. The molecule has 17 heavy (non-hydrogen) atoms. The van der Waals surface area contributed by atoms with Crippen molar-refractivity contribution in [1.29, 1.82) is 0 Å². The molecule has 1 unspecified atom stereocenters. The van der Waals surface area contributed by atoms with Crippen LogP contribution >= 0.6 is 0 Å². The Morgan fingerprint density at radius 2 is 1.88 bits per heavy atom. The lowest BCUT2D eigenvalue weighted by atomic mass is 10.0. The normalized spacial score (nSPS) is 12.0. The average Bonchev–Trinajstić information content (AvgIpc) is 2.35. The predicted molar refractivity (Wildman–Crippen MR) is 61.5 cm³/mol. The first-order valence-corrected chi connectivity index (χ1v) is 5.20. The number of aliphatic carboxylic acids is 1. The van der Waals surface area contributed by atoms with Gasteiger partial charge in [-0.2, -0.15) is 0 Å². The molecular formula is C12H16O5. The molecule has 0 aliphatic carbocycles. The van der Waals surface area contributed by atoms with Crippen molar-refractivity contribution >= 4 is 5.97 Å². The van der Waals surface area contributed by atoms with Gasteiger partial charge in [0.05, 0.1) is 14.2 Å². The lowest BCUT2D eigenvalue weighted by Crippen LogP contribution is -2.12. The van der Waals surface area contributed by atoms with Crippen LogP contribution in [-0.2, 0) is 11.2 Å². The van der Waals surface area contributed by atoms with Crippen LogP contribution in [0, 0.1) is 0 Å². The van der Waals surface area contributed by atoms with E-state index in [2.05, 4.69) is 0 Å². The highest BCUT2D eigenvalue weighted by molar-refractivity contribution is 5.75. The molecular weight excluding hydrogens is 224 g/mol. The molecule has 94 valence electrons. The van der Waals surface area contributed by atoms with E-state index in [1.165, 1.54) is 20.3 Å². The lowest BCUT2D eigenvalue weighted by molar-refractivity contribution is -0.147. The molecule has 0 amide bonds. The zero-order chi connectivity index (χ0) is 13.0. The lowest BCUT2D eigenvalue weighted by Gasteiger charge is -2.15. The zero-order valence-electron chi connectivity index (χ0n) is 10.1. The molecule has 0 spiro atoms. The summed E-state index contributed by atoms with van der Waals surface area (Å²) in [4.78, 5) is 10.8. The minimum atomic E-state index is -1.62. The van der Waals surface area contributed by atoms with Crippen molar-refractivity contribution in [2.24, 2.45) is 0 Å². The Labute approximate surface area is 99.6 Å². The van der Waals surface area contributed by atoms with Gasteiger partial charge >= 0.3 is 5.97 Å². The van der Waals surface area contributed by atoms with Crippen LogP contribution in [-0.4, -0.2) is 30.4 Å². The quantitative estimate of drug-likeness (QED) is 0.813. The van der Waals surface area contributed by atoms with E-state index >= 15 is 0 Å². The van der Waals surface area contributed by atoms with Gasteiger partial charge in [0.2, 0.25) is 0 Å². The van der Waals surface area contributed by atoms with E-state index < -0.39 is 12.1 Å². The Kier molecular flexibility index (Phi) is 4.34. The third-order valence-corrected chi connectivity index (χ3v) is 2.54. The number of methoxy groups -OCH3 is 2. The number of hydrogen-bond donors (Lipinski definition) is 2. The molecule has 0 aromatic heterocycles. The van der Waals surface area contributed by atoms with Crippen LogP contribution in [0.5, 0.6) is 11.5 Å². The SMILES string of the molecule is CCc1cc(OC)c(C(O)C(=O)O)cc1OC. The number of aliphatic hydroxyl groups excluding tert-OH is 1. The molecule has 5 heteroatoms. The second-order valence-corrected chi connectivity index (χ2v) is 3.50. The second-order valence-electron chi connectivity index (χ2n) is 3.50. The van der Waals surface area contributed by atoms with Crippen LogP contribution < -0.4 is 9.47 Å². The maximum atomic E-state index is 10.8. The van der Waals surface area contributed by atoms with E-state index in [0.29, 0.717) is 11.5 Å². The Morgan fingerprint density at radius 1 is 1.29 bits per heavy atom. The molecule has 2 N–H and O–H groups in total. The van der Waals surface area contributed by atoms with Crippen molar-refractivity contribution in [2.45, 2.75) is 19.4 Å². The molecule has 0 saturated heterocycles. The minimum Gasteiger partial charge on any atom is -0.496 e. The first-order chi connectivity index (χ1) is 8.04. The summed E-state index contributed by atoms with van der Waals surface area (Å²) in [6.07, 6.45) is -0.895. The van der Waals surface area contributed by atoms with Gasteiger partial charge in [-0.05, 0) is 24.1 Å². The summed E-state index contributed by atoms with van der Waals surface area (Å²) in [5, 5.41) is 18.4. The van der Waals surface area contributed by atoms with Gasteiger partial charge in [-0.3, -0.25) is 0 Å². The van der Waals surface area contributed by atoms with Gasteiger partial charge < -0.3 is 19.7 Å². The Bertz CT molecular complexity index is 414. The molecule has 0 heterocycles. The maximum absolute atomic E-state index is 10.8. The molecule has 0 bridgehead atoms. The standard InChI is InChI=1S/C12H16O5/c1-4-7-5-10(17-3)8(6-9(7)16-2)11(13)12(14)15/h5-6,11,13H,4H2,1-3H3,(H,14,15). The summed E-state index contributed by atoms with van der Waals surface area (Å²) in [6.45, 7) is 1.95. The van der Waals surface area contributed by atoms with Crippen molar-refractivity contribution in [3.8, 4) is 11.5 Å². The van der Waals surface area contributed by atoms with Gasteiger partial charge in [0.1, 0.15) is 11.5 Å². The molecule has 0 aliphatic heterocycles. The number of hydrogen-bond acceptors (Lipinski definition) is 4. The average molecular weight is 240 g/mol. The summed E-state index contributed by atoms with van der Waals surface area (Å²) >= 11 is 0. The van der Waals surface area contributed by atoms with Crippen LogP contribution in [0.15, 0.2) is 12.1 Å². The van der Waals surface area contributed by atoms with E-state index in [0.717, 1.165) is 12.0 Å². The van der Waals surface area contributed by atoms with Gasteiger partial charge in [0.25, 0.3) is 0 Å². The molecule has 1 aromatic rings. The number of carboxylic acid groups (broad SMARTS) is 1. The molecule has 5 nitrogen and oxygen atoms in total. The Balaban J connectivity index is 3.33. The molecule has 0 aliphatic rings. The van der Waals surface area contributed by atoms with Crippen molar-refractivity contribution in [1.82, 2.24) is 0 Å². The number of rotatable bonds is 5. The van der Waals surface area contributed by atoms with Gasteiger partial charge in [-0.25, -0.2) is 4.79 Å². The van der Waals surface area contributed by atoms with E-state index in [1.54, 1.807) is 6.07 Å². The zero-order valence-corrected chi connectivity index (χ0v) is 10.1. The molecule has 1 aromatic carbocycles. The maximum Gasteiger partial charge on any atom is 0.337 e. The molecule has 1 rings (SSSR count). The van der Waals surface area contributed by atoms with Crippen LogP contribution in [0.1, 0.15) is 24.2 Å². The summed E-state index contributed by atoms with van der Waals surface area (Å²) < 4.78 is 10.2. The third-order valence-electron chi connectivity index (χ3n) is 2.54. The third kappa shape index (κ3) is 2.68. The van der Waals surface area contributed by atoms with Gasteiger partial charge in [-0.15, -0.1) is 0 Å². The van der Waals surface area contributed by atoms with Crippen molar-refractivity contribution in [3.63, 3.8) is 0 Å². The van der Waals surface area contributed by atoms with Crippen LogP contribution in [0.4, 0.5) is 0 Å². The largest absolute Gasteiger partial charge is 0.496 e. The number of carbonyl (C=O) groups is 1. The summed E-state index contributed by atoms with van der Waals surface area (Å²) in [5.41, 5.74) is 1.08. The topological polar surface area (TPSA) is 76.0 Å². The predicted octanol–water partition coefficient (Wildman–Crippen LogP) is 1.38. The molecule has 0 saturated carbocycles. The highest BCUT2D eigenvalue weighted by atomic mass is 16.5. The fourth-order valence-corrected chi connectivity index (χ4v) is 1.61. The number of carboxylic acids is 1. The minimum absolute atomic E-state index is 0.189. The molecule has 1 atom stereocenters. The van der Waals surface area contributed by atoms with Crippen molar-refractivity contribution < 1.29 is 24.5 Å². The first-order valence-electron chi connectivity index (χ1n) is 5.20. The summed E-state index contributed by atoms with van der Waals surface area (Å²) in [6, 6.07) is 3.18. The van der Waals surface area contributed by atoms with Crippen molar-refractivity contribution in [2.75, 3.05) is 14.2 Å². The fourth-order valence-electron chi connectivity index (χ4n) is 1.61. The van der Waals surface area contributed by atoms with Gasteiger partial charge in [0, 0.05) is 5.56 Å². The Morgan fingerprint density at radius 3 is 2.29 bits per heavy atom. The Hall–Kier alpha value is -1.75. The molecule has 0 fully saturated rings. The smallest absolute Gasteiger partial charge is 0.337 e. The van der Waals surface area contributed by atoms with Crippen LogP contribution in [0.3, 0.4) is 0 Å². The highest BCUT2D eigenvalue weighted by Crippen LogP contribution is 2.33. The highest BCUT2D eigenvalue weighted by Gasteiger charge is 2.22. The number of aryl methyl sites for hydroxylation is 1. The van der Waals surface area contributed by atoms with Crippen LogP contribution in [0.25, 0.3) is 0 Å². The molecule has 0 radical (unpaired) electrons.